The van der Waals surface area contributed by atoms with Crippen molar-refractivity contribution in [1.29, 1.82) is 0 Å². The summed E-state index contributed by atoms with van der Waals surface area (Å²) in [6, 6.07) is 8.77. The average Bonchev–Trinajstić information content (AvgIpc) is 2.90. The van der Waals surface area contributed by atoms with Gasteiger partial charge in [-0.25, -0.2) is 4.98 Å². The molecule has 0 aliphatic carbocycles. The Kier molecular flexibility index (Phi) is 4.73. The quantitative estimate of drug-likeness (QED) is 0.863. The van der Waals surface area contributed by atoms with E-state index < -0.39 is 0 Å². The predicted octanol–water partition coefficient (Wildman–Crippen LogP) is 3.65. The molecule has 18 heavy (non-hydrogen) atoms. The molecule has 2 rings (SSSR count). The smallest absolute Gasteiger partial charge is 0.123 e. The summed E-state index contributed by atoms with van der Waals surface area (Å²) in [5.74, 6) is 0. The van der Waals surface area contributed by atoms with Crippen LogP contribution in [0.5, 0.6) is 0 Å². The van der Waals surface area contributed by atoms with Crippen molar-refractivity contribution in [3.63, 3.8) is 0 Å². The van der Waals surface area contributed by atoms with Crippen molar-refractivity contribution in [3.05, 3.63) is 35.8 Å². The lowest BCUT2D eigenvalue weighted by molar-refractivity contribution is 0.191. The van der Waals surface area contributed by atoms with Crippen LogP contribution >= 0.6 is 11.3 Å². The number of benzene rings is 1. The first-order chi connectivity index (χ1) is 8.79. The highest BCUT2D eigenvalue weighted by Gasteiger charge is 2.04. The van der Waals surface area contributed by atoms with E-state index in [1.54, 1.807) is 18.4 Å². The maximum atomic E-state index is 5.08. The molecular formula is C14H18N2OS. The summed E-state index contributed by atoms with van der Waals surface area (Å²) >= 11 is 1.66. The number of nitrogens with one attached hydrogen (secondary N) is 1. The number of nitrogens with zero attached hydrogens (tertiary/aromatic N) is 1. The van der Waals surface area contributed by atoms with E-state index in [0.29, 0.717) is 6.04 Å². The number of hydrogen-bond donors (Lipinski definition) is 1. The second-order valence-electron chi connectivity index (χ2n) is 4.24. The molecule has 1 heterocycles. The topological polar surface area (TPSA) is 34.1 Å². The second-order valence-corrected chi connectivity index (χ2v) is 5.14. The van der Waals surface area contributed by atoms with Crippen LogP contribution in [0, 0.1) is 0 Å². The van der Waals surface area contributed by atoms with Crippen LogP contribution in [0.15, 0.2) is 35.8 Å². The van der Waals surface area contributed by atoms with Crippen LogP contribution in [-0.2, 0) is 4.74 Å². The number of methoxy groups -OCH3 is 1. The van der Waals surface area contributed by atoms with Gasteiger partial charge in [0.05, 0.1) is 0 Å². The Morgan fingerprint density at radius 2 is 2.33 bits per heavy atom. The van der Waals surface area contributed by atoms with Crippen LogP contribution < -0.4 is 5.32 Å². The zero-order chi connectivity index (χ0) is 12.8. The third-order valence-corrected chi connectivity index (χ3v) is 3.53. The van der Waals surface area contributed by atoms with Gasteiger partial charge >= 0.3 is 0 Å². The Bertz CT molecular complexity index is 470. The number of thiazole rings is 1. The molecule has 0 bridgehead atoms. The van der Waals surface area contributed by atoms with Crippen LogP contribution in [0.1, 0.15) is 13.3 Å². The molecule has 0 aliphatic heterocycles. The zero-order valence-corrected chi connectivity index (χ0v) is 11.5. The molecule has 1 aromatic heterocycles. The minimum Gasteiger partial charge on any atom is -0.385 e. The van der Waals surface area contributed by atoms with Crippen LogP contribution in [0.4, 0.5) is 5.69 Å². The van der Waals surface area contributed by atoms with Crippen LogP contribution in [0.3, 0.4) is 0 Å². The van der Waals surface area contributed by atoms with Crippen LogP contribution in [0.2, 0.25) is 0 Å². The SMILES string of the molecule is COCCC(C)Nc1cccc(-c2nccs2)c1. The highest BCUT2D eigenvalue weighted by Crippen LogP contribution is 2.24. The summed E-state index contributed by atoms with van der Waals surface area (Å²) in [6.07, 6.45) is 2.83. The highest BCUT2D eigenvalue weighted by atomic mass is 32.1. The Morgan fingerprint density at radius 3 is 3.06 bits per heavy atom. The summed E-state index contributed by atoms with van der Waals surface area (Å²) in [6.45, 7) is 2.94. The molecule has 4 heteroatoms. The van der Waals surface area contributed by atoms with Gasteiger partial charge in [0.2, 0.25) is 0 Å². The molecule has 0 saturated heterocycles. The normalized spacial score (nSPS) is 12.3. The first kappa shape index (κ1) is 13.1. The molecule has 2 aromatic rings. The van der Waals surface area contributed by atoms with Gasteiger partial charge in [-0.1, -0.05) is 12.1 Å². The number of hydrogen-bond acceptors (Lipinski definition) is 4. The molecule has 96 valence electrons. The van der Waals surface area contributed by atoms with Crippen molar-refractivity contribution in [2.45, 2.75) is 19.4 Å². The molecule has 0 amide bonds. The number of ether oxygens (including phenoxy) is 1. The van der Waals surface area contributed by atoms with E-state index in [4.69, 9.17) is 4.74 Å². The van der Waals surface area contributed by atoms with E-state index in [2.05, 4.69) is 41.5 Å². The maximum Gasteiger partial charge on any atom is 0.123 e. The van der Waals surface area contributed by atoms with Gasteiger partial charge in [0.15, 0.2) is 0 Å². The number of aromatic nitrogens is 1. The first-order valence-electron chi connectivity index (χ1n) is 6.05. The predicted molar refractivity (Wildman–Crippen MR) is 77.1 cm³/mol. The lowest BCUT2D eigenvalue weighted by atomic mass is 10.2. The van der Waals surface area contributed by atoms with Gasteiger partial charge in [-0.15, -0.1) is 11.3 Å². The van der Waals surface area contributed by atoms with Crippen LogP contribution in [0.25, 0.3) is 10.6 Å². The Hall–Kier alpha value is -1.39. The monoisotopic (exact) mass is 262 g/mol. The zero-order valence-electron chi connectivity index (χ0n) is 10.7. The van der Waals surface area contributed by atoms with Gasteiger partial charge in [-0.2, -0.15) is 0 Å². The largest absolute Gasteiger partial charge is 0.385 e. The van der Waals surface area contributed by atoms with Gasteiger partial charge in [0.25, 0.3) is 0 Å². The lowest BCUT2D eigenvalue weighted by Crippen LogP contribution is -2.17. The minimum atomic E-state index is 0.400. The van der Waals surface area contributed by atoms with Crippen molar-refractivity contribution < 1.29 is 4.74 Å². The van der Waals surface area contributed by atoms with Gasteiger partial charge in [-0.3, -0.25) is 0 Å². The maximum absolute atomic E-state index is 5.08. The van der Waals surface area contributed by atoms with Gasteiger partial charge in [0.1, 0.15) is 5.01 Å². The van der Waals surface area contributed by atoms with E-state index in [1.807, 2.05) is 11.6 Å². The molecule has 0 saturated carbocycles. The van der Waals surface area contributed by atoms with Gasteiger partial charge in [0, 0.05) is 42.6 Å². The number of anilines is 1. The third kappa shape index (κ3) is 3.55. The summed E-state index contributed by atoms with van der Waals surface area (Å²) in [5.41, 5.74) is 2.29. The molecule has 0 fully saturated rings. The van der Waals surface area contributed by atoms with E-state index in [-0.39, 0.29) is 0 Å². The molecule has 1 unspecified atom stereocenters. The fourth-order valence-corrected chi connectivity index (χ4v) is 2.39. The average molecular weight is 262 g/mol. The van der Waals surface area contributed by atoms with Crippen molar-refractivity contribution in [3.8, 4) is 10.6 Å². The highest BCUT2D eigenvalue weighted by molar-refractivity contribution is 7.13. The van der Waals surface area contributed by atoms with Crippen molar-refractivity contribution >= 4 is 17.0 Å². The molecule has 0 radical (unpaired) electrons. The van der Waals surface area contributed by atoms with Gasteiger partial charge < -0.3 is 10.1 Å². The van der Waals surface area contributed by atoms with E-state index >= 15 is 0 Å². The van der Waals surface area contributed by atoms with Crippen LogP contribution in [-0.4, -0.2) is 24.7 Å². The molecule has 3 nitrogen and oxygen atoms in total. The fraction of sp³-hybridized carbons (Fsp3) is 0.357. The molecule has 0 spiro atoms. The molecular weight excluding hydrogens is 244 g/mol. The second kappa shape index (κ2) is 6.52. The molecule has 0 aliphatic rings. The minimum absolute atomic E-state index is 0.400. The van der Waals surface area contributed by atoms with Crippen molar-refractivity contribution in [1.82, 2.24) is 4.98 Å². The first-order valence-corrected chi connectivity index (χ1v) is 6.93. The standard InChI is InChI=1S/C14H18N2OS/c1-11(6-8-17-2)16-13-5-3-4-12(10-13)14-15-7-9-18-14/h3-5,7,9-11,16H,6,8H2,1-2H3. The Morgan fingerprint density at radius 1 is 1.44 bits per heavy atom. The van der Waals surface area contributed by atoms with Crippen molar-refractivity contribution in [2.75, 3.05) is 19.0 Å². The third-order valence-electron chi connectivity index (χ3n) is 2.71. The van der Waals surface area contributed by atoms with E-state index in [9.17, 15) is 0 Å². The van der Waals surface area contributed by atoms with E-state index in [1.165, 1.54) is 0 Å². The Labute approximate surface area is 112 Å². The molecule has 1 N–H and O–H groups in total. The number of rotatable bonds is 6. The van der Waals surface area contributed by atoms with Gasteiger partial charge in [-0.05, 0) is 25.5 Å². The Balaban J connectivity index is 2.03. The fourth-order valence-electron chi connectivity index (χ4n) is 1.76. The lowest BCUT2D eigenvalue weighted by Gasteiger charge is -2.15. The van der Waals surface area contributed by atoms with Crippen molar-refractivity contribution in [2.24, 2.45) is 0 Å². The summed E-state index contributed by atoms with van der Waals surface area (Å²) in [7, 11) is 1.73. The summed E-state index contributed by atoms with van der Waals surface area (Å²) < 4.78 is 5.08. The summed E-state index contributed by atoms with van der Waals surface area (Å²) in [5, 5.41) is 6.53. The molecule has 1 aromatic carbocycles. The summed E-state index contributed by atoms with van der Waals surface area (Å²) in [4.78, 5) is 4.33. The molecule has 1 atom stereocenters. The van der Waals surface area contributed by atoms with E-state index in [0.717, 1.165) is 29.3 Å².